The minimum Gasteiger partial charge on any atom is -0.355 e. The summed E-state index contributed by atoms with van der Waals surface area (Å²) in [5.41, 5.74) is 0. The Morgan fingerprint density at radius 3 is 2.37 bits per heavy atom. The molecule has 1 saturated heterocycles. The number of rotatable bonds is 5. The number of nitrogens with zero attached hydrogens (tertiary/aromatic N) is 3. The van der Waals surface area contributed by atoms with Crippen molar-refractivity contribution >= 4 is 62.7 Å². The third-order valence-electron chi connectivity index (χ3n) is 4.48. The van der Waals surface area contributed by atoms with E-state index in [1.807, 2.05) is 6.07 Å². The predicted octanol–water partition coefficient (Wildman–Crippen LogP) is 2.93. The quantitative estimate of drug-likeness (QED) is 0.348. The highest BCUT2D eigenvalue weighted by molar-refractivity contribution is 14.0. The molecule has 1 fully saturated rings. The second-order valence-electron chi connectivity index (χ2n) is 7.37. The molecule has 27 heavy (non-hydrogen) atoms. The van der Waals surface area contributed by atoms with Gasteiger partial charge in [0.05, 0.1) is 14.8 Å². The van der Waals surface area contributed by atoms with E-state index in [9.17, 15) is 8.42 Å². The van der Waals surface area contributed by atoms with Crippen LogP contribution in [0, 0.1) is 0 Å². The Hall–Kier alpha value is -0.1000. The molecule has 1 aliphatic heterocycles. The molecule has 2 rings (SSSR count). The van der Waals surface area contributed by atoms with Crippen molar-refractivity contribution in [2.24, 2.45) is 4.99 Å². The normalized spacial score (nSPS) is 16.9. The maximum absolute atomic E-state index is 12.2. The smallest absolute Gasteiger partial charge is 0.193 e. The molecular formula is C17H30ClIN4O2S2. The summed E-state index contributed by atoms with van der Waals surface area (Å²) in [7, 11) is -1.39. The monoisotopic (exact) mass is 548 g/mol. The molecule has 1 aromatic rings. The lowest BCUT2D eigenvalue weighted by Crippen LogP contribution is -2.52. The van der Waals surface area contributed by atoms with Crippen LogP contribution in [0.25, 0.3) is 0 Å². The van der Waals surface area contributed by atoms with Crippen molar-refractivity contribution in [3.05, 3.63) is 21.3 Å². The third kappa shape index (κ3) is 7.34. The van der Waals surface area contributed by atoms with E-state index in [0.717, 1.165) is 43.0 Å². The molecule has 156 valence electrons. The molecule has 1 N–H and O–H groups in total. The highest BCUT2D eigenvalue weighted by Gasteiger charge is 2.28. The first-order chi connectivity index (χ1) is 12.1. The van der Waals surface area contributed by atoms with E-state index in [2.05, 4.69) is 26.2 Å². The van der Waals surface area contributed by atoms with Crippen LogP contribution in [0.2, 0.25) is 4.34 Å². The van der Waals surface area contributed by atoms with E-state index in [-0.39, 0.29) is 29.7 Å². The predicted molar refractivity (Wildman–Crippen MR) is 126 cm³/mol. The van der Waals surface area contributed by atoms with Crippen molar-refractivity contribution in [3.8, 4) is 0 Å². The van der Waals surface area contributed by atoms with Crippen LogP contribution in [-0.2, 0) is 16.4 Å². The summed E-state index contributed by atoms with van der Waals surface area (Å²) in [6.45, 7) is 10.1. The van der Waals surface area contributed by atoms with E-state index < -0.39 is 14.6 Å². The number of piperazine rings is 1. The lowest BCUT2D eigenvalue weighted by atomic mass is 10.3. The molecule has 0 aromatic carbocycles. The van der Waals surface area contributed by atoms with Gasteiger partial charge in [-0.2, -0.15) is 0 Å². The fourth-order valence-electron chi connectivity index (χ4n) is 2.71. The number of sulfone groups is 1. The van der Waals surface area contributed by atoms with E-state index in [1.54, 1.807) is 39.2 Å². The lowest BCUT2D eigenvalue weighted by molar-refractivity contribution is 0.174. The van der Waals surface area contributed by atoms with E-state index in [4.69, 9.17) is 11.6 Å². The fraction of sp³-hybridized carbons (Fsp3) is 0.706. The second-order valence-corrected chi connectivity index (χ2v) is 12.0. The van der Waals surface area contributed by atoms with E-state index >= 15 is 0 Å². The van der Waals surface area contributed by atoms with Crippen molar-refractivity contribution in [1.29, 1.82) is 0 Å². The van der Waals surface area contributed by atoms with Crippen LogP contribution in [0.1, 0.15) is 25.6 Å². The minimum absolute atomic E-state index is 0. The molecule has 1 aliphatic rings. The van der Waals surface area contributed by atoms with Gasteiger partial charge in [-0.05, 0) is 32.9 Å². The summed E-state index contributed by atoms with van der Waals surface area (Å²) in [6, 6.07) is 4.02. The van der Waals surface area contributed by atoms with Gasteiger partial charge >= 0.3 is 0 Å². The molecule has 0 radical (unpaired) electrons. The topological polar surface area (TPSA) is 65.0 Å². The molecule has 0 unspecified atom stereocenters. The molecule has 0 amide bonds. The van der Waals surface area contributed by atoms with Crippen molar-refractivity contribution in [2.45, 2.75) is 32.1 Å². The van der Waals surface area contributed by atoms with Gasteiger partial charge < -0.3 is 10.2 Å². The van der Waals surface area contributed by atoms with Gasteiger partial charge in [-0.3, -0.25) is 9.89 Å². The number of nitrogens with one attached hydrogen (secondary N) is 1. The third-order valence-corrected chi connectivity index (χ3v) is 8.30. The van der Waals surface area contributed by atoms with Gasteiger partial charge in [0.25, 0.3) is 0 Å². The van der Waals surface area contributed by atoms with Gasteiger partial charge in [-0.1, -0.05) is 11.6 Å². The standard InChI is InChI=1S/C17H29ClN4O2S2.HI/c1-17(2,3)26(23,24)12-7-20-16(19-4)22-10-8-21(9-11-22)13-14-5-6-15(18)25-14;/h5-6H,7-13H2,1-4H3,(H,19,20);1H. The Balaban J connectivity index is 0.00000364. The molecule has 0 aliphatic carbocycles. The molecular weight excluding hydrogens is 519 g/mol. The number of hydrogen-bond acceptors (Lipinski definition) is 5. The van der Waals surface area contributed by atoms with Gasteiger partial charge in [0, 0.05) is 51.2 Å². The van der Waals surface area contributed by atoms with E-state index in [0.29, 0.717) is 6.54 Å². The first kappa shape index (κ1) is 24.9. The molecule has 6 nitrogen and oxygen atoms in total. The largest absolute Gasteiger partial charge is 0.355 e. The van der Waals surface area contributed by atoms with Crippen molar-refractivity contribution in [1.82, 2.24) is 15.1 Å². The van der Waals surface area contributed by atoms with Crippen LogP contribution in [0.3, 0.4) is 0 Å². The number of hydrogen-bond donors (Lipinski definition) is 1. The Morgan fingerprint density at radius 1 is 1.26 bits per heavy atom. The summed E-state index contributed by atoms with van der Waals surface area (Å²) >= 11 is 7.62. The van der Waals surface area contributed by atoms with E-state index in [1.165, 1.54) is 4.88 Å². The van der Waals surface area contributed by atoms with Gasteiger partial charge in [0.1, 0.15) is 0 Å². The lowest BCUT2D eigenvalue weighted by Gasteiger charge is -2.36. The summed E-state index contributed by atoms with van der Waals surface area (Å²) in [5.74, 6) is 0.877. The van der Waals surface area contributed by atoms with Crippen molar-refractivity contribution in [3.63, 3.8) is 0 Å². The Kier molecular flexibility index (Phi) is 9.80. The Labute approximate surface area is 189 Å². The number of thiophene rings is 1. The van der Waals surface area contributed by atoms with Gasteiger partial charge in [0.15, 0.2) is 15.8 Å². The van der Waals surface area contributed by atoms with Crippen molar-refractivity contribution < 1.29 is 8.42 Å². The Bertz CT molecular complexity index is 724. The molecule has 0 atom stereocenters. The highest BCUT2D eigenvalue weighted by Crippen LogP contribution is 2.23. The fourth-order valence-corrected chi connectivity index (χ4v) is 4.82. The maximum Gasteiger partial charge on any atom is 0.193 e. The Morgan fingerprint density at radius 2 is 1.89 bits per heavy atom. The van der Waals surface area contributed by atoms with Crippen LogP contribution in [0.4, 0.5) is 0 Å². The molecule has 2 heterocycles. The first-order valence-corrected chi connectivity index (χ1v) is 11.6. The number of aliphatic imine (C=N–C) groups is 1. The molecule has 0 saturated carbocycles. The van der Waals surface area contributed by atoms with Gasteiger partial charge in [-0.25, -0.2) is 8.42 Å². The van der Waals surface area contributed by atoms with Crippen LogP contribution in [0.15, 0.2) is 17.1 Å². The summed E-state index contributed by atoms with van der Waals surface area (Å²) in [4.78, 5) is 10.2. The number of halogens is 2. The number of guanidine groups is 1. The summed E-state index contributed by atoms with van der Waals surface area (Å²) in [6.07, 6.45) is 0. The zero-order chi connectivity index (χ0) is 19.4. The highest BCUT2D eigenvalue weighted by atomic mass is 127. The van der Waals surface area contributed by atoms with Gasteiger partial charge in [0.2, 0.25) is 0 Å². The van der Waals surface area contributed by atoms with Crippen LogP contribution in [0.5, 0.6) is 0 Å². The van der Waals surface area contributed by atoms with Crippen LogP contribution < -0.4 is 5.32 Å². The zero-order valence-corrected chi connectivity index (χ0v) is 21.1. The van der Waals surface area contributed by atoms with Crippen LogP contribution >= 0.6 is 46.9 Å². The molecule has 0 bridgehead atoms. The second kappa shape index (κ2) is 10.6. The van der Waals surface area contributed by atoms with Crippen LogP contribution in [-0.4, -0.2) is 74.4 Å². The molecule has 10 heteroatoms. The summed E-state index contributed by atoms with van der Waals surface area (Å²) in [5, 5.41) is 3.20. The van der Waals surface area contributed by atoms with Gasteiger partial charge in [-0.15, -0.1) is 35.3 Å². The maximum atomic E-state index is 12.2. The SMILES string of the molecule is CN=C(NCCS(=O)(=O)C(C)(C)C)N1CCN(Cc2ccc(Cl)s2)CC1.I. The average molecular weight is 549 g/mol. The molecule has 1 aromatic heterocycles. The minimum atomic E-state index is -3.13. The zero-order valence-electron chi connectivity index (χ0n) is 16.4. The average Bonchev–Trinajstić information content (AvgIpc) is 2.96. The molecule has 0 spiro atoms. The van der Waals surface area contributed by atoms with Crippen molar-refractivity contribution in [2.75, 3.05) is 45.5 Å². The first-order valence-electron chi connectivity index (χ1n) is 8.77. The summed E-state index contributed by atoms with van der Waals surface area (Å²) < 4.78 is 24.5.